The molecule has 0 fully saturated rings. The number of methoxy groups -OCH3 is 3. The zero-order valence-electron chi connectivity index (χ0n) is 20.4. The van der Waals surface area contributed by atoms with Crippen molar-refractivity contribution in [3.63, 3.8) is 0 Å². The fraction of sp³-hybridized carbons (Fsp3) is 0.231. The summed E-state index contributed by atoms with van der Waals surface area (Å²) in [5, 5.41) is 0. The van der Waals surface area contributed by atoms with Gasteiger partial charge in [0, 0.05) is 6.92 Å². The molecule has 0 N–H and O–H groups in total. The van der Waals surface area contributed by atoms with Crippen molar-refractivity contribution in [3.05, 3.63) is 84.5 Å². The highest BCUT2D eigenvalue weighted by atomic mass is 32.1. The van der Waals surface area contributed by atoms with Crippen LogP contribution in [-0.4, -0.2) is 37.8 Å². The number of ether oxygens (including phenoxy) is 4. The lowest BCUT2D eigenvalue weighted by Crippen LogP contribution is -2.39. The van der Waals surface area contributed by atoms with Crippen LogP contribution in [-0.2, 0) is 14.3 Å². The molecule has 0 spiro atoms. The van der Waals surface area contributed by atoms with Crippen LogP contribution in [0.5, 0.6) is 17.2 Å². The smallest absolute Gasteiger partial charge is 0.338 e. The Hall–Kier alpha value is -4.18. The van der Waals surface area contributed by atoms with Crippen LogP contribution in [0.2, 0.25) is 0 Å². The fourth-order valence-corrected chi connectivity index (χ4v) is 5.03. The molecule has 0 saturated carbocycles. The van der Waals surface area contributed by atoms with Gasteiger partial charge in [-0.2, -0.15) is 0 Å². The number of thiazole rings is 1. The number of carbonyl (C=O) groups excluding carboxylic acids is 2. The largest absolute Gasteiger partial charge is 0.497 e. The summed E-state index contributed by atoms with van der Waals surface area (Å²) in [6.45, 7) is 2.98. The molecule has 10 heteroatoms. The molecule has 3 aromatic rings. The van der Waals surface area contributed by atoms with Crippen molar-refractivity contribution in [2.45, 2.75) is 19.9 Å². The number of hydrogen-bond donors (Lipinski definition) is 0. The maximum atomic E-state index is 13.7. The first-order chi connectivity index (χ1) is 17.3. The highest BCUT2D eigenvalue weighted by Crippen LogP contribution is 2.36. The molecule has 4 rings (SSSR count). The van der Waals surface area contributed by atoms with E-state index in [0.717, 1.165) is 5.56 Å². The third-order valence-electron chi connectivity index (χ3n) is 5.58. The highest BCUT2D eigenvalue weighted by molar-refractivity contribution is 7.07. The summed E-state index contributed by atoms with van der Waals surface area (Å²) < 4.78 is 22.9. The maximum absolute atomic E-state index is 13.7. The monoisotopic (exact) mass is 508 g/mol. The minimum atomic E-state index is -0.832. The number of hydrogen-bond acceptors (Lipinski definition) is 9. The number of carbonyl (C=O) groups is 2. The molecule has 36 heavy (non-hydrogen) atoms. The first-order valence-electron chi connectivity index (χ1n) is 10.9. The van der Waals surface area contributed by atoms with Crippen molar-refractivity contribution in [1.29, 1.82) is 0 Å². The number of esters is 2. The third-order valence-corrected chi connectivity index (χ3v) is 6.56. The van der Waals surface area contributed by atoms with Crippen LogP contribution in [0, 0.1) is 0 Å². The molecule has 9 nitrogen and oxygen atoms in total. The van der Waals surface area contributed by atoms with Gasteiger partial charge in [-0.1, -0.05) is 29.5 Å². The van der Waals surface area contributed by atoms with E-state index >= 15 is 0 Å². The molecular formula is C26H24N2O7S. The Bertz CT molecular complexity index is 1570. The minimum absolute atomic E-state index is 0.222. The van der Waals surface area contributed by atoms with Gasteiger partial charge in [0.25, 0.3) is 5.56 Å². The van der Waals surface area contributed by atoms with Gasteiger partial charge in [0.15, 0.2) is 16.3 Å². The van der Waals surface area contributed by atoms with Crippen molar-refractivity contribution < 1.29 is 28.5 Å². The predicted octanol–water partition coefficient (Wildman–Crippen LogP) is 2.35. The van der Waals surface area contributed by atoms with E-state index in [0.29, 0.717) is 26.3 Å². The molecule has 1 aliphatic rings. The van der Waals surface area contributed by atoms with E-state index in [1.807, 2.05) is 24.3 Å². The van der Waals surface area contributed by atoms with Crippen LogP contribution in [0.3, 0.4) is 0 Å². The van der Waals surface area contributed by atoms with Crippen LogP contribution in [0.1, 0.15) is 31.0 Å². The molecule has 0 bridgehead atoms. The summed E-state index contributed by atoms with van der Waals surface area (Å²) in [6, 6.07) is 11.4. The Labute approximate surface area is 210 Å². The molecule has 0 amide bonds. The predicted molar refractivity (Wildman–Crippen MR) is 133 cm³/mol. The Morgan fingerprint density at radius 3 is 2.50 bits per heavy atom. The molecule has 1 atom stereocenters. The second-order valence-electron chi connectivity index (χ2n) is 7.85. The zero-order valence-corrected chi connectivity index (χ0v) is 21.2. The molecular weight excluding hydrogens is 484 g/mol. The summed E-state index contributed by atoms with van der Waals surface area (Å²) in [4.78, 5) is 43.0. The standard InChI is InChI=1S/C26H24N2O7S/c1-14-22(25(31)34-5)23(17-9-10-19(35-15(2)29)20(13-17)33-4)28-24(30)21(36-26(28)27-14)12-16-7-6-8-18(11-16)32-3/h6-13,23H,1-5H3/b21-12+. The molecule has 2 aromatic carbocycles. The van der Waals surface area contributed by atoms with Gasteiger partial charge >= 0.3 is 11.9 Å². The highest BCUT2D eigenvalue weighted by Gasteiger charge is 2.33. The number of benzene rings is 2. The van der Waals surface area contributed by atoms with Crippen molar-refractivity contribution in [3.8, 4) is 17.2 Å². The van der Waals surface area contributed by atoms with E-state index < -0.39 is 18.0 Å². The van der Waals surface area contributed by atoms with Gasteiger partial charge in [-0.3, -0.25) is 14.2 Å². The lowest BCUT2D eigenvalue weighted by molar-refractivity contribution is -0.136. The summed E-state index contributed by atoms with van der Waals surface area (Å²) in [5.74, 6) is 0.0571. The quantitative estimate of drug-likeness (QED) is 0.372. The van der Waals surface area contributed by atoms with E-state index in [1.165, 1.54) is 37.0 Å². The topological polar surface area (TPSA) is 105 Å². The summed E-state index contributed by atoms with van der Waals surface area (Å²) in [5.41, 5.74) is 1.69. The van der Waals surface area contributed by atoms with Gasteiger partial charge in [0.1, 0.15) is 5.75 Å². The molecule has 1 aromatic heterocycles. The Morgan fingerprint density at radius 1 is 1.06 bits per heavy atom. The Kier molecular flexibility index (Phi) is 7.07. The second-order valence-corrected chi connectivity index (χ2v) is 8.86. The average molecular weight is 509 g/mol. The van der Waals surface area contributed by atoms with Gasteiger partial charge in [-0.05, 0) is 48.4 Å². The lowest BCUT2D eigenvalue weighted by Gasteiger charge is -2.25. The number of allylic oxidation sites excluding steroid dienone is 1. The minimum Gasteiger partial charge on any atom is -0.497 e. The van der Waals surface area contributed by atoms with Gasteiger partial charge in [-0.25, -0.2) is 9.79 Å². The van der Waals surface area contributed by atoms with Gasteiger partial charge in [0.05, 0.1) is 43.2 Å². The number of rotatable bonds is 6. The third kappa shape index (κ3) is 4.67. The molecule has 0 radical (unpaired) electrons. The second kappa shape index (κ2) is 10.2. The molecule has 1 aliphatic heterocycles. The van der Waals surface area contributed by atoms with Crippen molar-refractivity contribution in [2.24, 2.45) is 4.99 Å². The van der Waals surface area contributed by atoms with Crippen LogP contribution < -0.4 is 29.1 Å². The normalized spacial score (nSPS) is 15.1. The molecule has 2 heterocycles. The zero-order chi connectivity index (χ0) is 26.0. The summed E-state index contributed by atoms with van der Waals surface area (Å²) in [6.07, 6.45) is 1.75. The lowest BCUT2D eigenvalue weighted by atomic mass is 9.95. The summed E-state index contributed by atoms with van der Waals surface area (Å²) >= 11 is 1.22. The van der Waals surface area contributed by atoms with Crippen molar-refractivity contribution in [1.82, 2.24) is 4.57 Å². The molecule has 186 valence electrons. The fourth-order valence-electron chi connectivity index (χ4n) is 3.98. The van der Waals surface area contributed by atoms with Crippen LogP contribution >= 0.6 is 11.3 Å². The number of aromatic nitrogens is 1. The van der Waals surface area contributed by atoms with E-state index in [9.17, 15) is 14.4 Å². The molecule has 1 unspecified atom stereocenters. The van der Waals surface area contributed by atoms with E-state index in [-0.39, 0.29) is 22.6 Å². The first kappa shape index (κ1) is 24.9. The maximum Gasteiger partial charge on any atom is 0.338 e. The number of nitrogens with zero attached hydrogens (tertiary/aromatic N) is 2. The van der Waals surface area contributed by atoms with Crippen molar-refractivity contribution in [2.75, 3.05) is 21.3 Å². The Balaban J connectivity index is 1.95. The van der Waals surface area contributed by atoms with Gasteiger partial charge in [-0.15, -0.1) is 0 Å². The molecule has 0 aliphatic carbocycles. The molecule has 0 saturated heterocycles. The summed E-state index contributed by atoms with van der Waals surface area (Å²) in [7, 11) is 4.29. The van der Waals surface area contributed by atoms with Crippen LogP contribution in [0.25, 0.3) is 6.08 Å². The average Bonchev–Trinajstić information content (AvgIpc) is 3.16. The van der Waals surface area contributed by atoms with Crippen LogP contribution in [0.15, 0.2) is 63.5 Å². The SMILES string of the molecule is COC(=O)C1=C(C)N=c2s/c(=C/c3cccc(OC)c3)c(=O)n2C1c1ccc(OC(C)=O)c(OC)c1. The van der Waals surface area contributed by atoms with Crippen LogP contribution in [0.4, 0.5) is 0 Å². The van der Waals surface area contributed by atoms with E-state index in [2.05, 4.69) is 4.99 Å². The van der Waals surface area contributed by atoms with E-state index in [1.54, 1.807) is 38.3 Å². The van der Waals surface area contributed by atoms with E-state index in [4.69, 9.17) is 18.9 Å². The first-order valence-corrected chi connectivity index (χ1v) is 11.7. The van der Waals surface area contributed by atoms with Gasteiger partial charge in [0.2, 0.25) is 0 Å². The number of fused-ring (bicyclic) bond motifs is 1. The van der Waals surface area contributed by atoms with Gasteiger partial charge < -0.3 is 18.9 Å². The van der Waals surface area contributed by atoms with Crippen molar-refractivity contribution >= 4 is 29.4 Å². The Morgan fingerprint density at radius 2 is 1.83 bits per heavy atom.